The van der Waals surface area contributed by atoms with Crippen molar-refractivity contribution in [3.63, 3.8) is 0 Å². The Morgan fingerprint density at radius 2 is 1.61 bits per heavy atom. The van der Waals surface area contributed by atoms with E-state index in [0.717, 1.165) is 30.9 Å². The van der Waals surface area contributed by atoms with E-state index in [-0.39, 0.29) is 0 Å². The van der Waals surface area contributed by atoms with Crippen LogP contribution < -0.4 is 4.74 Å². The van der Waals surface area contributed by atoms with E-state index in [9.17, 15) is 0 Å². The van der Waals surface area contributed by atoms with Crippen LogP contribution in [0.25, 0.3) is 0 Å². The molecule has 2 fully saturated rings. The first-order valence-electron chi connectivity index (χ1n) is 9.42. The van der Waals surface area contributed by atoms with Crippen LogP contribution in [0.15, 0.2) is 24.3 Å². The monoisotopic (exact) mass is 316 g/mol. The highest BCUT2D eigenvalue weighted by atomic mass is 16.5. The molecule has 1 aliphatic carbocycles. The molecule has 3 heteroatoms. The van der Waals surface area contributed by atoms with Crippen LogP contribution >= 0.6 is 0 Å². The number of nitrogens with zero attached hydrogens (tertiary/aromatic N) is 2. The Kier molecular flexibility index (Phi) is 5.96. The van der Waals surface area contributed by atoms with Gasteiger partial charge in [0.25, 0.3) is 0 Å². The Morgan fingerprint density at radius 1 is 0.957 bits per heavy atom. The molecule has 23 heavy (non-hydrogen) atoms. The van der Waals surface area contributed by atoms with Crippen LogP contribution in [0.5, 0.6) is 5.75 Å². The molecule has 0 aromatic heterocycles. The topological polar surface area (TPSA) is 15.7 Å². The number of hydrogen-bond acceptors (Lipinski definition) is 3. The van der Waals surface area contributed by atoms with Crippen molar-refractivity contribution in [1.29, 1.82) is 0 Å². The molecule has 1 saturated heterocycles. The van der Waals surface area contributed by atoms with Gasteiger partial charge in [-0.3, -0.25) is 9.80 Å². The summed E-state index contributed by atoms with van der Waals surface area (Å²) >= 11 is 0. The summed E-state index contributed by atoms with van der Waals surface area (Å²) in [6, 6.07) is 9.47. The van der Waals surface area contributed by atoms with Crippen molar-refractivity contribution in [3.05, 3.63) is 29.8 Å². The zero-order chi connectivity index (χ0) is 16.1. The van der Waals surface area contributed by atoms with E-state index in [2.05, 4.69) is 41.0 Å². The van der Waals surface area contributed by atoms with Crippen molar-refractivity contribution in [2.75, 3.05) is 32.8 Å². The van der Waals surface area contributed by atoms with Crippen molar-refractivity contribution in [1.82, 2.24) is 9.80 Å². The van der Waals surface area contributed by atoms with Crippen LogP contribution in [-0.2, 0) is 6.54 Å². The van der Waals surface area contributed by atoms with Crippen LogP contribution in [0.1, 0.15) is 45.1 Å². The third-order valence-corrected chi connectivity index (χ3v) is 5.55. The number of piperazine rings is 1. The maximum atomic E-state index is 5.52. The molecule has 3 rings (SSSR count). The third kappa shape index (κ3) is 4.71. The Hall–Kier alpha value is -1.06. The summed E-state index contributed by atoms with van der Waals surface area (Å²) in [5.41, 5.74) is 1.40. The van der Waals surface area contributed by atoms with Gasteiger partial charge in [0, 0.05) is 38.8 Å². The first-order valence-corrected chi connectivity index (χ1v) is 9.42. The van der Waals surface area contributed by atoms with Gasteiger partial charge in [0.1, 0.15) is 5.75 Å². The second-order valence-electron chi connectivity index (χ2n) is 7.30. The van der Waals surface area contributed by atoms with Crippen molar-refractivity contribution in [3.8, 4) is 5.75 Å². The lowest BCUT2D eigenvalue weighted by atomic mass is 9.86. The number of hydrogen-bond donors (Lipinski definition) is 0. The molecule has 128 valence electrons. The first kappa shape index (κ1) is 16.8. The standard InChI is InChI=1S/C20H32N2O/c1-3-23-20-10-6-18(7-11-20)16-21-12-14-22(15-13-21)19-8-4-17(2)5-9-19/h6-7,10-11,17,19H,3-5,8-9,12-16H2,1-2H3. The van der Waals surface area contributed by atoms with E-state index in [1.807, 2.05) is 6.92 Å². The van der Waals surface area contributed by atoms with Crippen molar-refractivity contribution in [2.45, 2.75) is 52.1 Å². The molecule has 3 nitrogen and oxygen atoms in total. The Morgan fingerprint density at radius 3 is 2.22 bits per heavy atom. The lowest BCUT2D eigenvalue weighted by Crippen LogP contribution is -2.50. The van der Waals surface area contributed by atoms with Gasteiger partial charge >= 0.3 is 0 Å². The highest BCUT2D eigenvalue weighted by Gasteiger charge is 2.26. The average molecular weight is 316 g/mol. The maximum Gasteiger partial charge on any atom is 0.119 e. The van der Waals surface area contributed by atoms with E-state index < -0.39 is 0 Å². The molecule has 0 bridgehead atoms. The zero-order valence-corrected chi connectivity index (χ0v) is 14.8. The second kappa shape index (κ2) is 8.16. The predicted molar refractivity (Wildman–Crippen MR) is 95.9 cm³/mol. The quantitative estimate of drug-likeness (QED) is 0.822. The molecule has 2 aliphatic rings. The zero-order valence-electron chi connectivity index (χ0n) is 14.8. The van der Waals surface area contributed by atoms with E-state index in [1.54, 1.807) is 0 Å². The summed E-state index contributed by atoms with van der Waals surface area (Å²) in [5, 5.41) is 0. The third-order valence-electron chi connectivity index (χ3n) is 5.55. The normalized spacial score (nSPS) is 27.0. The van der Waals surface area contributed by atoms with Gasteiger partial charge in [-0.25, -0.2) is 0 Å². The predicted octanol–water partition coefficient (Wildman–Crippen LogP) is 3.78. The SMILES string of the molecule is CCOc1ccc(CN2CCN(C3CCC(C)CC3)CC2)cc1. The summed E-state index contributed by atoms with van der Waals surface area (Å²) in [7, 11) is 0. The molecule has 0 radical (unpaired) electrons. The second-order valence-corrected chi connectivity index (χ2v) is 7.30. The van der Waals surface area contributed by atoms with Crippen molar-refractivity contribution < 1.29 is 4.74 Å². The molecule has 1 heterocycles. The van der Waals surface area contributed by atoms with Gasteiger partial charge in [-0.15, -0.1) is 0 Å². The average Bonchev–Trinajstić information content (AvgIpc) is 2.58. The minimum atomic E-state index is 0.737. The fraction of sp³-hybridized carbons (Fsp3) is 0.700. The van der Waals surface area contributed by atoms with Crippen LogP contribution in [0.3, 0.4) is 0 Å². The minimum absolute atomic E-state index is 0.737. The fourth-order valence-electron chi connectivity index (χ4n) is 4.01. The van der Waals surface area contributed by atoms with Crippen LogP contribution in [-0.4, -0.2) is 48.6 Å². The van der Waals surface area contributed by atoms with Gasteiger partial charge < -0.3 is 4.74 Å². The highest BCUT2D eigenvalue weighted by Crippen LogP contribution is 2.27. The molecule has 0 N–H and O–H groups in total. The molecular weight excluding hydrogens is 284 g/mol. The molecule has 1 aliphatic heterocycles. The minimum Gasteiger partial charge on any atom is -0.494 e. The lowest BCUT2D eigenvalue weighted by molar-refractivity contribution is 0.0689. The van der Waals surface area contributed by atoms with Crippen molar-refractivity contribution >= 4 is 0 Å². The highest BCUT2D eigenvalue weighted by molar-refractivity contribution is 5.27. The van der Waals surface area contributed by atoms with Gasteiger partial charge in [0.05, 0.1) is 6.61 Å². The molecule has 1 saturated carbocycles. The van der Waals surface area contributed by atoms with Crippen molar-refractivity contribution in [2.24, 2.45) is 5.92 Å². The lowest BCUT2D eigenvalue weighted by Gasteiger charge is -2.41. The van der Waals surface area contributed by atoms with Gasteiger partial charge in [0.15, 0.2) is 0 Å². The molecule has 0 amide bonds. The van der Waals surface area contributed by atoms with E-state index in [0.29, 0.717) is 0 Å². The van der Waals surface area contributed by atoms with Gasteiger partial charge in [-0.05, 0) is 56.2 Å². The molecule has 0 spiro atoms. The van der Waals surface area contributed by atoms with E-state index in [4.69, 9.17) is 4.74 Å². The molecule has 0 atom stereocenters. The summed E-state index contributed by atoms with van der Waals surface area (Å²) < 4.78 is 5.52. The number of benzene rings is 1. The fourth-order valence-corrected chi connectivity index (χ4v) is 4.01. The molecule has 1 aromatic rings. The maximum absolute atomic E-state index is 5.52. The van der Waals surface area contributed by atoms with E-state index in [1.165, 1.54) is 57.4 Å². The largest absolute Gasteiger partial charge is 0.494 e. The van der Waals surface area contributed by atoms with Crippen LogP contribution in [0.4, 0.5) is 0 Å². The molecular formula is C20H32N2O. The van der Waals surface area contributed by atoms with Crippen LogP contribution in [0, 0.1) is 5.92 Å². The Bertz CT molecular complexity index is 457. The first-order chi connectivity index (χ1) is 11.2. The summed E-state index contributed by atoms with van der Waals surface area (Å²) in [6.07, 6.45) is 5.69. The van der Waals surface area contributed by atoms with Crippen LogP contribution in [0.2, 0.25) is 0 Å². The molecule has 0 unspecified atom stereocenters. The van der Waals surface area contributed by atoms with Gasteiger partial charge in [-0.2, -0.15) is 0 Å². The Balaban J connectivity index is 1.43. The summed E-state index contributed by atoms with van der Waals surface area (Å²) in [6.45, 7) is 11.2. The van der Waals surface area contributed by atoms with Gasteiger partial charge in [0.2, 0.25) is 0 Å². The molecule has 1 aromatic carbocycles. The van der Waals surface area contributed by atoms with E-state index >= 15 is 0 Å². The summed E-state index contributed by atoms with van der Waals surface area (Å²) in [4.78, 5) is 5.35. The number of rotatable bonds is 5. The number of ether oxygens (including phenoxy) is 1. The summed E-state index contributed by atoms with van der Waals surface area (Å²) in [5.74, 6) is 1.93. The van der Waals surface area contributed by atoms with Gasteiger partial charge in [-0.1, -0.05) is 19.1 Å². The Labute approximate surface area is 141 Å². The smallest absolute Gasteiger partial charge is 0.119 e.